The minimum atomic E-state index is 0.653. The summed E-state index contributed by atoms with van der Waals surface area (Å²) >= 11 is 5.37. The summed E-state index contributed by atoms with van der Waals surface area (Å²) in [5.41, 5.74) is 1.06. The molecule has 0 aliphatic carbocycles. The van der Waals surface area contributed by atoms with Crippen molar-refractivity contribution in [1.29, 1.82) is 0 Å². The van der Waals surface area contributed by atoms with Gasteiger partial charge in [0.25, 0.3) is 0 Å². The molecule has 1 aliphatic rings. The van der Waals surface area contributed by atoms with Crippen molar-refractivity contribution in [3.63, 3.8) is 0 Å². The quantitative estimate of drug-likeness (QED) is 0.855. The van der Waals surface area contributed by atoms with Crippen molar-refractivity contribution in [2.75, 3.05) is 18.0 Å². The number of nitrogens with one attached hydrogen (secondary N) is 1. The summed E-state index contributed by atoms with van der Waals surface area (Å²) in [7, 11) is 0. The van der Waals surface area contributed by atoms with E-state index in [1.807, 2.05) is 22.8 Å². The Morgan fingerprint density at radius 2 is 1.89 bits per heavy atom. The maximum atomic E-state index is 5.37. The average Bonchev–Trinajstić information content (AvgIpc) is 2.82. The van der Waals surface area contributed by atoms with Crippen molar-refractivity contribution < 1.29 is 0 Å². The predicted molar refractivity (Wildman–Crippen MR) is 79.4 cm³/mol. The number of aromatic amines is 1. The first kappa shape index (κ1) is 12.4. The lowest BCUT2D eigenvalue weighted by Crippen LogP contribution is -2.34. The van der Waals surface area contributed by atoms with Gasteiger partial charge in [-0.2, -0.15) is 0 Å². The van der Waals surface area contributed by atoms with Gasteiger partial charge in [0.15, 0.2) is 0 Å². The van der Waals surface area contributed by atoms with Crippen LogP contribution >= 0.6 is 12.2 Å². The molecule has 1 aromatic carbocycles. The van der Waals surface area contributed by atoms with E-state index in [0.29, 0.717) is 4.77 Å². The zero-order valence-corrected chi connectivity index (χ0v) is 11.9. The van der Waals surface area contributed by atoms with E-state index in [-0.39, 0.29) is 0 Å². The van der Waals surface area contributed by atoms with Crippen molar-refractivity contribution in [2.45, 2.75) is 19.8 Å². The molecule has 0 amide bonds. The van der Waals surface area contributed by atoms with E-state index < -0.39 is 0 Å². The average molecular weight is 274 g/mol. The van der Waals surface area contributed by atoms with Gasteiger partial charge >= 0.3 is 0 Å². The lowest BCUT2D eigenvalue weighted by atomic mass is 10.00. The van der Waals surface area contributed by atoms with Crippen molar-refractivity contribution >= 4 is 18.2 Å². The smallest absolute Gasteiger partial charge is 0.230 e. The highest BCUT2D eigenvalue weighted by molar-refractivity contribution is 7.71. The molecule has 0 atom stereocenters. The maximum absolute atomic E-state index is 5.37. The number of piperidine rings is 1. The maximum Gasteiger partial charge on any atom is 0.230 e. The van der Waals surface area contributed by atoms with Gasteiger partial charge in [0.2, 0.25) is 10.7 Å². The van der Waals surface area contributed by atoms with Gasteiger partial charge in [-0.1, -0.05) is 25.1 Å². The van der Waals surface area contributed by atoms with Gasteiger partial charge < -0.3 is 4.90 Å². The number of hydrogen-bond acceptors (Lipinski definition) is 3. The van der Waals surface area contributed by atoms with Crippen LogP contribution in [0.25, 0.3) is 5.69 Å². The molecule has 0 bridgehead atoms. The highest BCUT2D eigenvalue weighted by Gasteiger charge is 2.21. The molecule has 5 heteroatoms. The Balaban J connectivity index is 1.97. The Bertz CT molecular complexity index is 593. The topological polar surface area (TPSA) is 36.9 Å². The molecule has 3 rings (SSSR count). The van der Waals surface area contributed by atoms with Crippen LogP contribution in [0.15, 0.2) is 30.3 Å². The first-order valence-electron chi connectivity index (χ1n) is 6.73. The largest absolute Gasteiger partial charge is 0.341 e. The summed E-state index contributed by atoms with van der Waals surface area (Å²) in [6.45, 7) is 4.41. The zero-order chi connectivity index (χ0) is 13.2. The summed E-state index contributed by atoms with van der Waals surface area (Å²) < 4.78 is 2.67. The lowest BCUT2D eigenvalue weighted by molar-refractivity contribution is 0.433. The summed E-state index contributed by atoms with van der Waals surface area (Å²) in [5, 5.41) is 7.33. The van der Waals surface area contributed by atoms with Crippen LogP contribution in [-0.2, 0) is 0 Å². The number of H-pyrrole nitrogens is 1. The van der Waals surface area contributed by atoms with Gasteiger partial charge in [0.1, 0.15) is 0 Å². The number of para-hydroxylation sites is 1. The third-order valence-corrected chi connectivity index (χ3v) is 4.01. The fourth-order valence-corrected chi connectivity index (χ4v) is 2.75. The molecule has 0 unspecified atom stereocenters. The second-order valence-electron chi connectivity index (χ2n) is 5.17. The second kappa shape index (κ2) is 5.17. The first-order valence-corrected chi connectivity index (χ1v) is 7.14. The van der Waals surface area contributed by atoms with Gasteiger partial charge in [-0.05, 0) is 43.1 Å². The molecule has 1 N–H and O–H groups in total. The monoisotopic (exact) mass is 274 g/mol. The minimum absolute atomic E-state index is 0.653. The highest BCUT2D eigenvalue weighted by atomic mass is 32.1. The molecule has 100 valence electrons. The molecular formula is C14H18N4S. The van der Waals surface area contributed by atoms with Gasteiger partial charge in [0.05, 0.1) is 5.69 Å². The highest BCUT2D eigenvalue weighted by Crippen LogP contribution is 2.23. The van der Waals surface area contributed by atoms with Crippen LogP contribution in [0.4, 0.5) is 5.95 Å². The third kappa shape index (κ3) is 2.42. The van der Waals surface area contributed by atoms with Crippen molar-refractivity contribution in [3.8, 4) is 5.69 Å². The molecular weight excluding hydrogens is 256 g/mol. The normalized spacial score (nSPS) is 16.8. The number of rotatable bonds is 2. The third-order valence-electron chi connectivity index (χ3n) is 3.74. The molecule has 2 heterocycles. The van der Waals surface area contributed by atoms with Crippen LogP contribution in [-0.4, -0.2) is 27.9 Å². The van der Waals surface area contributed by atoms with Crippen LogP contribution in [0, 0.1) is 10.7 Å². The lowest BCUT2D eigenvalue weighted by Gasteiger charge is -2.30. The molecule has 1 aromatic heterocycles. The van der Waals surface area contributed by atoms with Crippen molar-refractivity contribution in [2.24, 2.45) is 5.92 Å². The summed E-state index contributed by atoms with van der Waals surface area (Å²) in [6, 6.07) is 10.2. The van der Waals surface area contributed by atoms with Crippen molar-refractivity contribution in [3.05, 3.63) is 35.1 Å². The van der Waals surface area contributed by atoms with Crippen LogP contribution in [0.2, 0.25) is 0 Å². The Kier molecular flexibility index (Phi) is 3.38. The molecule has 1 saturated heterocycles. The first-order chi connectivity index (χ1) is 9.25. The van der Waals surface area contributed by atoms with Gasteiger partial charge in [-0.25, -0.2) is 5.10 Å². The van der Waals surface area contributed by atoms with E-state index in [1.165, 1.54) is 12.8 Å². The SMILES string of the molecule is CC1CCN(c2n[nH]c(=S)n2-c2ccccc2)CC1. The molecule has 19 heavy (non-hydrogen) atoms. The fraction of sp³-hybridized carbons (Fsp3) is 0.429. The Hall–Kier alpha value is -1.62. The van der Waals surface area contributed by atoms with Gasteiger partial charge in [0, 0.05) is 13.1 Å². The molecule has 0 saturated carbocycles. The van der Waals surface area contributed by atoms with E-state index in [9.17, 15) is 0 Å². The number of anilines is 1. The van der Waals surface area contributed by atoms with Gasteiger partial charge in [-0.3, -0.25) is 4.57 Å². The minimum Gasteiger partial charge on any atom is -0.341 e. The number of hydrogen-bond donors (Lipinski definition) is 1. The molecule has 2 aromatic rings. The number of aromatic nitrogens is 3. The molecule has 1 fully saturated rings. The summed E-state index contributed by atoms with van der Waals surface area (Å²) in [4.78, 5) is 2.32. The fourth-order valence-electron chi connectivity index (χ4n) is 2.52. The Morgan fingerprint density at radius 1 is 1.21 bits per heavy atom. The van der Waals surface area contributed by atoms with Crippen LogP contribution < -0.4 is 4.90 Å². The van der Waals surface area contributed by atoms with E-state index in [1.54, 1.807) is 0 Å². The molecule has 0 spiro atoms. The molecule has 4 nitrogen and oxygen atoms in total. The van der Waals surface area contributed by atoms with E-state index >= 15 is 0 Å². The standard InChI is InChI=1S/C14H18N4S/c1-11-7-9-17(10-8-11)13-15-16-14(19)18(13)12-5-3-2-4-6-12/h2-6,11H,7-10H2,1H3,(H,16,19). The Labute approximate surface area is 118 Å². The van der Waals surface area contributed by atoms with Crippen LogP contribution in [0.3, 0.4) is 0 Å². The molecule has 1 aliphatic heterocycles. The summed E-state index contributed by atoms with van der Waals surface area (Å²) in [5.74, 6) is 1.74. The molecule has 0 radical (unpaired) electrons. The number of benzene rings is 1. The Morgan fingerprint density at radius 3 is 2.58 bits per heavy atom. The van der Waals surface area contributed by atoms with Crippen LogP contribution in [0.5, 0.6) is 0 Å². The summed E-state index contributed by atoms with van der Waals surface area (Å²) in [6.07, 6.45) is 2.43. The zero-order valence-electron chi connectivity index (χ0n) is 11.0. The van der Waals surface area contributed by atoms with Crippen LogP contribution in [0.1, 0.15) is 19.8 Å². The number of nitrogens with zero attached hydrogens (tertiary/aromatic N) is 3. The van der Waals surface area contributed by atoms with E-state index in [0.717, 1.165) is 30.6 Å². The van der Waals surface area contributed by atoms with E-state index in [2.05, 4.69) is 34.2 Å². The predicted octanol–water partition coefficient (Wildman–Crippen LogP) is 3.17. The van der Waals surface area contributed by atoms with Gasteiger partial charge in [-0.15, -0.1) is 5.10 Å². The van der Waals surface area contributed by atoms with E-state index in [4.69, 9.17) is 12.2 Å². The second-order valence-corrected chi connectivity index (χ2v) is 5.56. The van der Waals surface area contributed by atoms with Crippen molar-refractivity contribution in [1.82, 2.24) is 14.8 Å².